The van der Waals surface area contributed by atoms with E-state index in [9.17, 15) is 4.79 Å². The molecule has 1 N–H and O–H groups in total. The van der Waals surface area contributed by atoms with E-state index in [1.165, 1.54) is 0 Å². The molecule has 6 rings (SSSR count). The number of amides is 1. The molecule has 2 aromatic heterocycles. The van der Waals surface area contributed by atoms with Gasteiger partial charge in [-0.05, 0) is 87.7 Å². The van der Waals surface area contributed by atoms with Gasteiger partial charge in [0.05, 0.1) is 13.7 Å². The van der Waals surface area contributed by atoms with Crippen LogP contribution in [0.4, 0.5) is 10.6 Å². The van der Waals surface area contributed by atoms with E-state index in [1.54, 1.807) is 18.2 Å². The molecule has 1 amide bonds. The van der Waals surface area contributed by atoms with Crippen molar-refractivity contribution in [2.24, 2.45) is 0 Å². The van der Waals surface area contributed by atoms with Crippen LogP contribution >= 0.6 is 0 Å². The van der Waals surface area contributed by atoms with Gasteiger partial charge in [0.1, 0.15) is 39.7 Å². The third-order valence-electron chi connectivity index (χ3n) is 7.53. The fourth-order valence-corrected chi connectivity index (χ4v) is 5.38. The minimum Gasteiger partial charge on any atom is -0.497 e. The van der Waals surface area contributed by atoms with Crippen LogP contribution in [-0.2, 0) is 11.3 Å². The Bertz CT molecular complexity index is 1770. The van der Waals surface area contributed by atoms with Crippen molar-refractivity contribution in [1.29, 1.82) is 0 Å². The number of pyridine rings is 1. The molecule has 10 nitrogen and oxygen atoms in total. The molecule has 238 valence electrons. The molecule has 1 unspecified atom stereocenters. The molecule has 1 fully saturated rings. The molecule has 0 aliphatic carbocycles. The number of rotatable bonds is 9. The minimum absolute atomic E-state index is 0.0312. The molecule has 1 aliphatic heterocycles. The third kappa shape index (κ3) is 7.51. The van der Waals surface area contributed by atoms with Crippen molar-refractivity contribution < 1.29 is 23.7 Å². The Morgan fingerprint density at radius 1 is 0.891 bits per heavy atom. The highest BCUT2D eigenvalue weighted by atomic mass is 16.6. The van der Waals surface area contributed by atoms with Gasteiger partial charge in [-0.3, -0.25) is 0 Å². The number of ether oxygens (including phenoxy) is 4. The van der Waals surface area contributed by atoms with E-state index < -0.39 is 5.60 Å². The summed E-state index contributed by atoms with van der Waals surface area (Å²) in [4.78, 5) is 19.4. The normalized spacial score (nSPS) is 15.0. The number of piperidine rings is 1. The van der Waals surface area contributed by atoms with Crippen molar-refractivity contribution in [3.63, 3.8) is 0 Å². The first-order valence-corrected chi connectivity index (χ1v) is 15.5. The molecule has 5 aromatic rings. The Hall–Kier alpha value is -5.25. The van der Waals surface area contributed by atoms with Gasteiger partial charge in [-0.25, -0.2) is 14.5 Å². The summed E-state index contributed by atoms with van der Waals surface area (Å²) in [5.41, 5.74) is 1.17. The number of hydrogen-bond donors (Lipinski definition) is 1. The van der Waals surface area contributed by atoms with Gasteiger partial charge in [-0.15, -0.1) is 0 Å². The first-order valence-electron chi connectivity index (χ1n) is 15.5. The van der Waals surface area contributed by atoms with Gasteiger partial charge in [0, 0.05) is 31.4 Å². The molecule has 3 heterocycles. The molecule has 0 spiro atoms. The highest BCUT2D eigenvalue weighted by Gasteiger charge is 2.29. The van der Waals surface area contributed by atoms with Gasteiger partial charge in [0.15, 0.2) is 11.5 Å². The van der Waals surface area contributed by atoms with Gasteiger partial charge in [-0.2, -0.15) is 5.10 Å². The van der Waals surface area contributed by atoms with Crippen molar-refractivity contribution in [1.82, 2.24) is 19.7 Å². The van der Waals surface area contributed by atoms with Crippen LogP contribution in [0.5, 0.6) is 28.7 Å². The van der Waals surface area contributed by atoms with Gasteiger partial charge >= 0.3 is 6.09 Å². The number of fused-ring (bicyclic) bond motifs is 1. The predicted molar refractivity (Wildman–Crippen MR) is 177 cm³/mol. The Kier molecular flexibility index (Phi) is 8.96. The number of anilines is 1. The molecule has 1 saturated heterocycles. The van der Waals surface area contributed by atoms with Gasteiger partial charge in [0.25, 0.3) is 0 Å². The molecule has 3 aromatic carbocycles. The second-order valence-electron chi connectivity index (χ2n) is 12.3. The number of hydrogen-bond acceptors (Lipinski definition) is 8. The average Bonchev–Trinajstić information content (AvgIpc) is 3.39. The molecule has 0 saturated carbocycles. The molecular weight excluding hydrogens is 582 g/mol. The first kappa shape index (κ1) is 30.8. The quantitative estimate of drug-likeness (QED) is 0.177. The SMILES string of the molecule is COc1ccc(Cn2nc(NC3CCCN(C(=O)OC(C)(C)C)C3)c3c(Oc4ccc(Oc5ccccc5)cc4)ccnc32)cc1. The van der Waals surface area contributed by atoms with Gasteiger partial charge in [0.2, 0.25) is 0 Å². The zero-order valence-corrected chi connectivity index (χ0v) is 26.6. The summed E-state index contributed by atoms with van der Waals surface area (Å²) in [6.45, 7) is 7.29. The molecular formula is C36H39N5O5. The lowest BCUT2D eigenvalue weighted by Crippen LogP contribution is -2.47. The number of carbonyl (C=O) groups excluding carboxylic acids is 1. The minimum atomic E-state index is -0.558. The monoisotopic (exact) mass is 621 g/mol. The number of methoxy groups -OCH3 is 1. The summed E-state index contributed by atoms with van der Waals surface area (Å²) < 4.78 is 25.3. The number of aromatic nitrogens is 3. The predicted octanol–water partition coefficient (Wildman–Crippen LogP) is 7.88. The van der Waals surface area contributed by atoms with E-state index in [1.807, 2.05) is 110 Å². The summed E-state index contributed by atoms with van der Waals surface area (Å²) in [6, 6.07) is 26.8. The summed E-state index contributed by atoms with van der Waals surface area (Å²) in [7, 11) is 1.65. The third-order valence-corrected chi connectivity index (χ3v) is 7.53. The van der Waals surface area contributed by atoms with Crippen molar-refractivity contribution in [2.75, 3.05) is 25.5 Å². The van der Waals surface area contributed by atoms with Crippen LogP contribution in [0.25, 0.3) is 11.0 Å². The van der Waals surface area contributed by atoms with E-state index in [0.29, 0.717) is 48.3 Å². The highest BCUT2D eigenvalue weighted by molar-refractivity contribution is 5.93. The van der Waals surface area contributed by atoms with Gasteiger partial charge < -0.3 is 29.2 Å². The molecule has 1 aliphatic rings. The van der Waals surface area contributed by atoms with Crippen LogP contribution in [0.2, 0.25) is 0 Å². The highest BCUT2D eigenvalue weighted by Crippen LogP contribution is 2.36. The van der Waals surface area contributed by atoms with Crippen molar-refractivity contribution in [3.05, 3.63) is 96.7 Å². The van der Waals surface area contributed by atoms with Crippen LogP contribution in [0.1, 0.15) is 39.2 Å². The fourth-order valence-electron chi connectivity index (χ4n) is 5.38. The summed E-state index contributed by atoms with van der Waals surface area (Å²) in [6.07, 6.45) is 3.15. The van der Waals surface area contributed by atoms with E-state index in [0.717, 1.165) is 35.3 Å². The molecule has 1 atom stereocenters. The Morgan fingerprint density at radius 3 is 2.26 bits per heavy atom. The number of para-hydroxylation sites is 1. The lowest BCUT2D eigenvalue weighted by molar-refractivity contribution is 0.0206. The summed E-state index contributed by atoms with van der Waals surface area (Å²) >= 11 is 0. The number of nitrogens with zero attached hydrogens (tertiary/aromatic N) is 4. The number of benzene rings is 3. The largest absolute Gasteiger partial charge is 0.497 e. The average molecular weight is 622 g/mol. The molecule has 0 bridgehead atoms. The standard InChI is InChI=1S/C36H39N5O5/c1-36(2,3)46-35(42)40-22-8-9-26(24-40)38-33-32-31(45-30-18-16-29(17-19-30)44-28-10-6-5-7-11-28)20-21-37-34(32)41(39-33)23-25-12-14-27(43-4)15-13-25/h5-7,10-21,26H,8-9,22-24H2,1-4H3,(H,38,39). The van der Waals surface area contributed by atoms with Crippen LogP contribution in [0.3, 0.4) is 0 Å². The Morgan fingerprint density at radius 2 is 1.57 bits per heavy atom. The Labute approximate surface area is 268 Å². The molecule has 46 heavy (non-hydrogen) atoms. The van der Waals surface area contributed by atoms with Crippen LogP contribution in [0, 0.1) is 0 Å². The van der Waals surface area contributed by atoms with Crippen molar-refractivity contribution in [2.45, 2.75) is 51.8 Å². The number of likely N-dealkylation sites (tertiary alicyclic amines) is 1. The van der Waals surface area contributed by atoms with Gasteiger partial charge in [-0.1, -0.05) is 30.3 Å². The maximum Gasteiger partial charge on any atom is 0.410 e. The zero-order valence-electron chi connectivity index (χ0n) is 26.6. The number of carbonyl (C=O) groups is 1. The van der Waals surface area contributed by atoms with E-state index in [2.05, 4.69) is 5.32 Å². The lowest BCUT2D eigenvalue weighted by atomic mass is 10.1. The summed E-state index contributed by atoms with van der Waals surface area (Å²) in [5.74, 6) is 4.17. The van der Waals surface area contributed by atoms with E-state index in [-0.39, 0.29) is 12.1 Å². The van der Waals surface area contributed by atoms with Crippen LogP contribution in [0.15, 0.2) is 91.1 Å². The maximum atomic E-state index is 12.9. The zero-order chi connectivity index (χ0) is 32.1. The first-order chi connectivity index (χ1) is 22.2. The van der Waals surface area contributed by atoms with Crippen molar-refractivity contribution in [3.8, 4) is 28.7 Å². The van der Waals surface area contributed by atoms with Crippen LogP contribution in [-0.4, -0.2) is 57.6 Å². The topological polar surface area (TPSA) is 100.0 Å². The molecule has 10 heteroatoms. The second-order valence-corrected chi connectivity index (χ2v) is 12.3. The van der Waals surface area contributed by atoms with Crippen LogP contribution < -0.4 is 19.5 Å². The second kappa shape index (κ2) is 13.4. The molecule has 0 radical (unpaired) electrons. The van der Waals surface area contributed by atoms with Crippen molar-refractivity contribution >= 4 is 22.9 Å². The Balaban J connectivity index is 1.28. The maximum absolute atomic E-state index is 12.9. The van der Waals surface area contributed by atoms with E-state index in [4.69, 9.17) is 29.0 Å². The number of nitrogens with one attached hydrogen (secondary N) is 1. The van der Waals surface area contributed by atoms with E-state index >= 15 is 0 Å². The lowest BCUT2D eigenvalue weighted by Gasteiger charge is -2.34. The summed E-state index contributed by atoms with van der Waals surface area (Å²) in [5, 5.41) is 9.37. The smallest absolute Gasteiger partial charge is 0.410 e. The fraction of sp³-hybridized carbons (Fsp3) is 0.306.